The van der Waals surface area contributed by atoms with E-state index in [4.69, 9.17) is 5.73 Å². The average Bonchev–Trinajstić information content (AvgIpc) is 3.05. The molecule has 0 aliphatic carbocycles. The first-order valence-electron chi connectivity index (χ1n) is 6.19. The van der Waals surface area contributed by atoms with Gasteiger partial charge in [0.2, 0.25) is 0 Å². The highest BCUT2D eigenvalue weighted by molar-refractivity contribution is 9.10. The topological polar surface area (TPSA) is 41.6 Å². The van der Waals surface area contributed by atoms with E-state index in [-0.39, 0.29) is 11.9 Å². The van der Waals surface area contributed by atoms with Gasteiger partial charge in [0, 0.05) is 14.9 Å². The number of aliphatic imine (C=N–C) groups is 1. The van der Waals surface area contributed by atoms with Crippen molar-refractivity contribution in [2.45, 2.75) is 12.6 Å². The molecule has 1 aliphatic heterocycles. The van der Waals surface area contributed by atoms with Gasteiger partial charge in [-0.15, -0.1) is 11.3 Å². The van der Waals surface area contributed by atoms with E-state index in [2.05, 4.69) is 20.9 Å². The Morgan fingerprint density at radius 1 is 1.45 bits per heavy atom. The molecule has 1 aromatic carbocycles. The minimum atomic E-state index is -0.223. The summed E-state index contributed by atoms with van der Waals surface area (Å²) in [7, 11) is 0. The molecule has 2 aromatic rings. The fourth-order valence-electron chi connectivity index (χ4n) is 2.33. The number of guanidine groups is 1. The molecule has 1 unspecified atom stereocenters. The van der Waals surface area contributed by atoms with E-state index in [0.29, 0.717) is 24.6 Å². The zero-order valence-corrected chi connectivity index (χ0v) is 13.0. The summed E-state index contributed by atoms with van der Waals surface area (Å²) in [5, 5.41) is 2.02. The SMILES string of the molecule is NC1=NCC(c2cc(Br)ccc2F)N1Cc1cccs1. The van der Waals surface area contributed by atoms with E-state index in [9.17, 15) is 4.39 Å². The van der Waals surface area contributed by atoms with Crippen LogP contribution in [0.15, 0.2) is 45.2 Å². The number of rotatable bonds is 3. The highest BCUT2D eigenvalue weighted by Crippen LogP contribution is 2.31. The lowest BCUT2D eigenvalue weighted by atomic mass is 10.1. The summed E-state index contributed by atoms with van der Waals surface area (Å²) < 4.78 is 14.9. The number of nitrogens with two attached hydrogens (primary N) is 1. The van der Waals surface area contributed by atoms with Gasteiger partial charge in [-0.2, -0.15) is 0 Å². The van der Waals surface area contributed by atoms with Crippen LogP contribution in [0.3, 0.4) is 0 Å². The lowest BCUT2D eigenvalue weighted by molar-refractivity contribution is 0.334. The summed E-state index contributed by atoms with van der Waals surface area (Å²) in [5.74, 6) is 0.252. The van der Waals surface area contributed by atoms with Crippen LogP contribution in [0.4, 0.5) is 4.39 Å². The molecule has 3 nitrogen and oxygen atoms in total. The Labute approximate surface area is 129 Å². The van der Waals surface area contributed by atoms with Crippen molar-refractivity contribution in [1.82, 2.24) is 4.90 Å². The number of benzene rings is 1. The summed E-state index contributed by atoms with van der Waals surface area (Å²) in [5.41, 5.74) is 6.58. The van der Waals surface area contributed by atoms with Crippen molar-refractivity contribution in [3.05, 3.63) is 56.4 Å². The van der Waals surface area contributed by atoms with Crippen LogP contribution < -0.4 is 5.73 Å². The fraction of sp³-hybridized carbons (Fsp3) is 0.214. The van der Waals surface area contributed by atoms with Crippen molar-refractivity contribution in [3.8, 4) is 0 Å². The lowest BCUT2D eigenvalue weighted by Gasteiger charge is -2.26. The second-order valence-electron chi connectivity index (χ2n) is 4.59. The Morgan fingerprint density at radius 3 is 3.05 bits per heavy atom. The lowest BCUT2D eigenvalue weighted by Crippen LogP contribution is -2.35. The number of nitrogens with zero attached hydrogens (tertiary/aromatic N) is 2. The first-order valence-corrected chi connectivity index (χ1v) is 7.86. The molecule has 104 valence electrons. The van der Waals surface area contributed by atoms with Gasteiger partial charge in [0.25, 0.3) is 0 Å². The van der Waals surface area contributed by atoms with Crippen molar-refractivity contribution >= 4 is 33.2 Å². The molecule has 0 saturated heterocycles. The number of halogens is 2. The molecule has 3 rings (SSSR count). The van der Waals surface area contributed by atoms with E-state index in [0.717, 1.165) is 4.47 Å². The van der Waals surface area contributed by atoms with Gasteiger partial charge in [0.05, 0.1) is 19.1 Å². The maximum Gasteiger partial charge on any atom is 0.192 e. The van der Waals surface area contributed by atoms with Crippen LogP contribution in [0.5, 0.6) is 0 Å². The zero-order chi connectivity index (χ0) is 14.1. The summed E-state index contributed by atoms with van der Waals surface area (Å²) in [6.45, 7) is 1.15. The molecule has 0 fully saturated rings. The standard InChI is InChI=1S/C14H13BrFN3S/c15-9-3-4-12(16)11(6-9)13-7-18-14(17)19(13)8-10-2-1-5-20-10/h1-6,13H,7-8H2,(H2,17,18). The summed E-state index contributed by atoms with van der Waals surface area (Å²) in [6, 6.07) is 8.87. The van der Waals surface area contributed by atoms with Crippen molar-refractivity contribution in [3.63, 3.8) is 0 Å². The number of hydrogen-bond donors (Lipinski definition) is 1. The third-order valence-corrected chi connectivity index (χ3v) is 4.67. The molecule has 1 aromatic heterocycles. The predicted octanol–water partition coefficient (Wildman–Crippen LogP) is 3.52. The molecule has 2 N–H and O–H groups in total. The van der Waals surface area contributed by atoms with Crippen LogP contribution in [-0.2, 0) is 6.54 Å². The third-order valence-electron chi connectivity index (χ3n) is 3.32. The van der Waals surface area contributed by atoms with Gasteiger partial charge in [-0.25, -0.2) is 4.39 Å². The van der Waals surface area contributed by atoms with Crippen LogP contribution in [0.25, 0.3) is 0 Å². The van der Waals surface area contributed by atoms with Crippen molar-refractivity contribution < 1.29 is 4.39 Å². The van der Waals surface area contributed by atoms with Crippen molar-refractivity contribution in [1.29, 1.82) is 0 Å². The molecule has 20 heavy (non-hydrogen) atoms. The van der Waals surface area contributed by atoms with Gasteiger partial charge in [-0.05, 0) is 29.6 Å². The second kappa shape index (κ2) is 5.54. The van der Waals surface area contributed by atoms with Crippen LogP contribution in [0.2, 0.25) is 0 Å². The third kappa shape index (κ3) is 2.58. The first kappa shape index (κ1) is 13.6. The molecule has 1 atom stereocenters. The first-order chi connectivity index (χ1) is 9.65. The van der Waals surface area contributed by atoms with Crippen LogP contribution in [0.1, 0.15) is 16.5 Å². The molecular weight excluding hydrogens is 341 g/mol. The Bertz CT molecular complexity index is 642. The van der Waals surface area contributed by atoms with E-state index < -0.39 is 0 Å². The molecular formula is C14H13BrFN3S. The monoisotopic (exact) mass is 353 g/mol. The van der Waals surface area contributed by atoms with Gasteiger partial charge in [0.1, 0.15) is 5.82 Å². The Hall–Kier alpha value is -1.40. The molecule has 1 aliphatic rings. The Balaban J connectivity index is 1.90. The van der Waals surface area contributed by atoms with Crippen LogP contribution in [-0.4, -0.2) is 17.4 Å². The molecule has 0 spiro atoms. The average molecular weight is 354 g/mol. The molecule has 2 heterocycles. The molecule has 0 amide bonds. The van der Waals surface area contributed by atoms with Crippen molar-refractivity contribution in [2.75, 3.05) is 6.54 Å². The minimum Gasteiger partial charge on any atom is -0.370 e. The highest BCUT2D eigenvalue weighted by atomic mass is 79.9. The van der Waals surface area contributed by atoms with E-state index >= 15 is 0 Å². The zero-order valence-electron chi connectivity index (χ0n) is 10.6. The van der Waals surface area contributed by atoms with Crippen molar-refractivity contribution in [2.24, 2.45) is 10.7 Å². The van der Waals surface area contributed by atoms with Crippen LogP contribution >= 0.6 is 27.3 Å². The van der Waals surface area contributed by atoms with Gasteiger partial charge in [-0.1, -0.05) is 22.0 Å². The van der Waals surface area contributed by atoms with E-state index in [1.807, 2.05) is 22.4 Å². The molecule has 0 saturated carbocycles. The fourth-order valence-corrected chi connectivity index (χ4v) is 3.41. The maximum atomic E-state index is 14.1. The Kier molecular flexibility index (Phi) is 3.76. The number of thiophene rings is 1. The van der Waals surface area contributed by atoms with E-state index in [1.54, 1.807) is 23.5 Å². The van der Waals surface area contributed by atoms with Crippen LogP contribution in [0, 0.1) is 5.82 Å². The minimum absolute atomic E-state index is 0.144. The van der Waals surface area contributed by atoms with Gasteiger partial charge < -0.3 is 10.6 Å². The summed E-state index contributed by atoms with van der Waals surface area (Å²) >= 11 is 5.05. The van der Waals surface area contributed by atoms with E-state index in [1.165, 1.54) is 10.9 Å². The normalized spacial score (nSPS) is 18.4. The predicted molar refractivity (Wildman–Crippen MR) is 83.2 cm³/mol. The van der Waals surface area contributed by atoms with Gasteiger partial charge in [0.15, 0.2) is 5.96 Å². The number of hydrogen-bond acceptors (Lipinski definition) is 4. The summed E-state index contributed by atoms with van der Waals surface area (Å²) in [4.78, 5) is 7.41. The molecule has 0 bridgehead atoms. The van der Waals surface area contributed by atoms with Gasteiger partial charge in [-0.3, -0.25) is 4.99 Å². The Morgan fingerprint density at radius 2 is 2.30 bits per heavy atom. The second-order valence-corrected chi connectivity index (χ2v) is 6.54. The quantitative estimate of drug-likeness (QED) is 0.916. The smallest absolute Gasteiger partial charge is 0.192 e. The molecule has 6 heteroatoms. The molecule has 0 radical (unpaired) electrons. The van der Waals surface area contributed by atoms with Gasteiger partial charge >= 0.3 is 0 Å². The largest absolute Gasteiger partial charge is 0.370 e. The summed E-state index contributed by atoms with van der Waals surface area (Å²) in [6.07, 6.45) is 0. The maximum absolute atomic E-state index is 14.1. The highest BCUT2D eigenvalue weighted by Gasteiger charge is 2.29.